The molecular formula is C13H20N4O. The molecule has 1 N–H and O–H groups in total. The molecule has 2 aromatic heterocycles. The smallest absolute Gasteiger partial charge is 0.208 e. The molecule has 0 aliphatic carbocycles. The summed E-state index contributed by atoms with van der Waals surface area (Å²) in [7, 11) is 1.90. The van der Waals surface area contributed by atoms with Crippen molar-refractivity contribution in [3.8, 4) is 11.5 Å². The topological polar surface area (TPSA) is 55.9 Å². The first-order valence-corrected chi connectivity index (χ1v) is 6.06. The van der Waals surface area contributed by atoms with Crippen molar-refractivity contribution in [2.45, 2.75) is 39.8 Å². The SMILES string of the molecule is Cc1cc(-c2cnc(CNC(C)(C)C)o2)n(C)n1. The Morgan fingerprint density at radius 1 is 1.39 bits per heavy atom. The lowest BCUT2D eigenvalue weighted by Crippen LogP contribution is -2.35. The lowest BCUT2D eigenvalue weighted by atomic mass is 10.1. The van der Waals surface area contributed by atoms with Crippen molar-refractivity contribution in [3.63, 3.8) is 0 Å². The highest BCUT2D eigenvalue weighted by Crippen LogP contribution is 2.20. The van der Waals surface area contributed by atoms with Crippen LogP contribution in [-0.2, 0) is 13.6 Å². The lowest BCUT2D eigenvalue weighted by molar-refractivity contribution is 0.383. The Labute approximate surface area is 107 Å². The van der Waals surface area contributed by atoms with Gasteiger partial charge in [-0.25, -0.2) is 4.98 Å². The molecule has 98 valence electrons. The van der Waals surface area contributed by atoms with Gasteiger partial charge >= 0.3 is 0 Å². The molecule has 5 heteroatoms. The Morgan fingerprint density at radius 2 is 2.11 bits per heavy atom. The predicted molar refractivity (Wildman–Crippen MR) is 70.0 cm³/mol. The van der Waals surface area contributed by atoms with Gasteiger partial charge in [-0.15, -0.1) is 0 Å². The van der Waals surface area contributed by atoms with E-state index in [2.05, 4.69) is 36.2 Å². The average Bonchev–Trinajstić information content (AvgIpc) is 2.81. The Balaban J connectivity index is 2.13. The number of rotatable bonds is 3. The normalized spacial score (nSPS) is 12.1. The fourth-order valence-corrected chi connectivity index (χ4v) is 1.69. The van der Waals surface area contributed by atoms with E-state index in [9.17, 15) is 0 Å². The number of aromatic nitrogens is 3. The maximum Gasteiger partial charge on any atom is 0.208 e. The van der Waals surface area contributed by atoms with Crippen molar-refractivity contribution >= 4 is 0 Å². The van der Waals surface area contributed by atoms with Crippen molar-refractivity contribution in [1.82, 2.24) is 20.1 Å². The zero-order chi connectivity index (χ0) is 13.3. The van der Waals surface area contributed by atoms with Crippen LogP contribution in [0.15, 0.2) is 16.7 Å². The second-order valence-electron chi connectivity index (χ2n) is 5.52. The van der Waals surface area contributed by atoms with Crippen LogP contribution in [0.5, 0.6) is 0 Å². The minimum atomic E-state index is 0.0533. The van der Waals surface area contributed by atoms with E-state index in [0.717, 1.165) is 17.1 Å². The molecule has 18 heavy (non-hydrogen) atoms. The third kappa shape index (κ3) is 2.98. The molecule has 0 spiro atoms. The van der Waals surface area contributed by atoms with Gasteiger partial charge in [0.2, 0.25) is 5.89 Å². The second-order valence-corrected chi connectivity index (χ2v) is 5.52. The van der Waals surface area contributed by atoms with E-state index in [1.54, 1.807) is 10.9 Å². The van der Waals surface area contributed by atoms with Gasteiger partial charge in [0.1, 0.15) is 5.69 Å². The predicted octanol–water partition coefficient (Wildman–Crippen LogP) is 2.27. The molecule has 2 rings (SSSR count). The van der Waals surface area contributed by atoms with E-state index < -0.39 is 0 Å². The monoisotopic (exact) mass is 248 g/mol. The first-order valence-electron chi connectivity index (χ1n) is 6.06. The van der Waals surface area contributed by atoms with Gasteiger partial charge in [0.25, 0.3) is 0 Å². The van der Waals surface area contributed by atoms with Gasteiger partial charge in [0.15, 0.2) is 5.76 Å². The van der Waals surface area contributed by atoms with Gasteiger partial charge in [0, 0.05) is 12.6 Å². The van der Waals surface area contributed by atoms with E-state index in [4.69, 9.17) is 4.42 Å². The minimum absolute atomic E-state index is 0.0533. The lowest BCUT2D eigenvalue weighted by Gasteiger charge is -2.18. The van der Waals surface area contributed by atoms with Crippen molar-refractivity contribution < 1.29 is 4.42 Å². The maximum atomic E-state index is 5.72. The quantitative estimate of drug-likeness (QED) is 0.905. The summed E-state index contributed by atoms with van der Waals surface area (Å²) in [4.78, 5) is 4.28. The molecular weight excluding hydrogens is 228 g/mol. The van der Waals surface area contributed by atoms with Crippen LogP contribution in [0.25, 0.3) is 11.5 Å². The van der Waals surface area contributed by atoms with Gasteiger partial charge in [0.05, 0.1) is 18.4 Å². The molecule has 0 aliphatic heterocycles. The number of oxazole rings is 1. The van der Waals surface area contributed by atoms with Crippen molar-refractivity contribution in [2.24, 2.45) is 7.05 Å². The summed E-state index contributed by atoms with van der Waals surface area (Å²) in [5, 5.41) is 7.64. The fourth-order valence-electron chi connectivity index (χ4n) is 1.69. The molecule has 0 fully saturated rings. The fraction of sp³-hybridized carbons (Fsp3) is 0.538. The molecule has 0 aliphatic rings. The number of aryl methyl sites for hydroxylation is 2. The summed E-state index contributed by atoms with van der Waals surface area (Å²) >= 11 is 0. The molecule has 2 heterocycles. The van der Waals surface area contributed by atoms with Crippen molar-refractivity contribution in [3.05, 3.63) is 23.8 Å². The highest BCUT2D eigenvalue weighted by molar-refractivity contribution is 5.51. The Morgan fingerprint density at radius 3 is 2.67 bits per heavy atom. The maximum absolute atomic E-state index is 5.72. The Bertz CT molecular complexity index is 533. The van der Waals surface area contributed by atoms with Crippen LogP contribution in [0.1, 0.15) is 32.4 Å². The molecule has 0 amide bonds. The van der Waals surface area contributed by atoms with Crippen LogP contribution >= 0.6 is 0 Å². The molecule has 0 saturated carbocycles. The van der Waals surface area contributed by atoms with Gasteiger partial charge in [-0.1, -0.05) is 0 Å². The third-order valence-corrected chi connectivity index (χ3v) is 2.58. The van der Waals surface area contributed by atoms with Crippen LogP contribution in [0.3, 0.4) is 0 Å². The summed E-state index contributed by atoms with van der Waals surface area (Å²) in [5.74, 6) is 1.45. The Kier molecular flexibility index (Phi) is 3.26. The third-order valence-electron chi connectivity index (χ3n) is 2.58. The number of hydrogen-bond donors (Lipinski definition) is 1. The summed E-state index contributed by atoms with van der Waals surface area (Å²) < 4.78 is 7.53. The second kappa shape index (κ2) is 4.57. The molecule has 0 aromatic carbocycles. The van der Waals surface area contributed by atoms with E-state index in [0.29, 0.717) is 12.4 Å². The first kappa shape index (κ1) is 12.8. The van der Waals surface area contributed by atoms with Crippen molar-refractivity contribution in [1.29, 1.82) is 0 Å². The van der Waals surface area contributed by atoms with Crippen LogP contribution in [0.4, 0.5) is 0 Å². The van der Waals surface area contributed by atoms with Crippen LogP contribution in [0.2, 0.25) is 0 Å². The molecule has 0 saturated heterocycles. The summed E-state index contributed by atoms with van der Waals surface area (Å²) in [6.07, 6.45) is 1.75. The highest BCUT2D eigenvalue weighted by Gasteiger charge is 2.13. The van der Waals surface area contributed by atoms with E-state index >= 15 is 0 Å². The number of nitrogens with one attached hydrogen (secondary N) is 1. The van der Waals surface area contributed by atoms with E-state index in [1.165, 1.54) is 0 Å². The van der Waals surface area contributed by atoms with Gasteiger partial charge in [-0.05, 0) is 33.8 Å². The van der Waals surface area contributed by atoms with Gasteiger partial charge in [-0.2, -0.15) is 5.10 Å². The van der Waals surface area contributed by atoms with Crippen LogP contribution in [0, 0.1) is 6.92 Å². The zero-order valence-corrected chi connectivity index (χ0v) is 11.6. The standard InChI is InChI=1S/C13H20N4O/c1-9-6-10(17(5)16-9)11-7-14-12(18-11)8-15-13(2,3)4/h6-7,15H,8H2,1-5H3. The van der Waals surface area contributed by atoms with Crippen LogP contribution in [-0.4, -0.2) is 20.3 Å². The summed E-state index contributed by atoms with van der Waals surface area (Å²) in [6.45, 7) is 8.92. The molecule has 5 nitrogen and oxygen atoms in total. The highest BCUT2D eigenvalue weighted by atomic mass is 16.4. The zero-order valence-electron chi connectivity index (χ0n) is 11.6. The minimum Gasteiger partial charge on any atom is -0.438 e. The van der Waals surface area contributed by atoms with Gasteiger partial charge < -0.3 is 9.73 Å². The van der Waals surface area contributed by atoms with E-state index in [1.807, 2.05) is 20.0 Å². The van der Waals surface area contributed by atoms with E-state index in [-0.39, 0.29) is 5.54 Å². The Hall–Kier alpha value is -1.62. The molecule has 0 bridgehead atoms. The average molecular weight is 248 g/mol. The molecule has 0 atom stereocenters. The summed E-state index contributed by atoms with van der Waals surface area (Å²) in [5.41, 5.74) is 1.97. The first-order chi connectivity index (χ1) is 8.35. The molecule has 0 unspecified atom stereocenters. The van der Waals surface area contributed by atoms with Crippen molar-refractivity contribution in [2.75, 3.05) is 0 Å². The largest absolute Gasteiger partial charge is 0.438 e. The number of nitrogens with zero attached hydrogens (tertiary/aromatic N) is 3. The van der Waals surface area contributed by atoms with Gasteiger partial charge in [-0.3, -0.25) is 4.68 Å². The molecule has 2 aromatic rings. The molecule has 0 radical (unpaired) electrons. The number of hydrogen-bond acceptors (Lipinski definition) is 4. The van der Waals surface area contributed by atoms with Crippen LogP contribution < -0.4 is 5.32 Å². The summed E-state index contributed by atoms with van der Waals surface area (Å²) in [6, 6.07) is 1.99.